The number of nitrogens with zero attached hydrogens (tertiary/aromatic N) is 5. The monoisotopic (exact) mass is 385 g/mol. The largest absolute Gasteiger partial charge is 0.493 e. The van der Waals surface area contributed by atoms with Crippen molar-refractivity contribution in [1.29, 1.82) is 0 Å². The molecule has 150 valence electrons. The van der Waals surface area contributed by atoms with Crippen LogP contribution in [0.1, 0.15) is 5.56 Å². The highest BCUT2D eigenvalue weighted by Gasteiger charge is 2.23. The van der Waals surface area contributed by atoms with Crippen LogP contribution in [0.4, 0.5) is 5.95 Å². The lowest BCUT2D eigenvalue weighted by Gasteiger charge is -2.35. The SMILES string of the molecule is COc1ccc(CN(C)CC(=O)N2CCN(c3ncccn3)CC2)cc1OC. The van der Waals surface area contributed by atoms with Crippen molar-refractivity contribution >= 4 is 11.9 Å². The Hall–Kier alpha value is -2.87. The first-order valence-electron chi connectivity index (χ1n) is 9.30. The van der Waals surface area contributed by atoms with Gasteiger partial charge in [0.05, 0.1) is 20.8 Å². The summed E-state index contributed by atoms with van der Waals surface area (Å²) in [5.41, 5.74) is 1.07. The standard InChI is InChI=1S/C20H27N5O3/c1-23(14-16-5-6-17(27-2)18(13-16)28-3)15-19(26)24-9-11-25(12-10-24)20-21-7-4-8-22-20/h4-8,13H,9-12,14-15H2,1-3H3. The number of ether oxygens (including phenoxy) is 2. The molecular weight excluding hydrogens is 358 g/mol. The summed E-state index contributed by atoms with van der Waals surface area (Å²) >= 11 is 0. The molecule has 2 heterocycles. The van der Waals surface area contributed by atoms with Crippen LogP contribution in [0.2, 0.25) is 0 Å². The van der Waals surface area contributed by atoms with E-state index in [4.69, 9.17) is 9.47 Å². The van der Waals surface area contributed by atoms with E-state index in [-0.39, 0.29) is 5.91 Å². The lowest BCUT2D eigenvalue weighted by Crippen LogP contribution is -2.51. The number of hydrogen-bond donors (Lipinski definition) is 0. The van der Waals surface area contributed by atoms with Crippen molar-refractivity contribution in [2.24, 2.45) is 0 Å². The molecule has 0 unspecified atom stereocenters. The van der Waals surface area contributed by atoms with Gasteiger partial charge < -0.3 is 19.3 Å². The quantitative estimate of drug-likeness (QED) is 0.711. The summed E-state index contributed by atoms with van der Waals surface area (Å²) in [6.45, 7) is 3.88. The number of benzene rings is 1. The zero-order valence-electron chi connectivity index (χ0n) is 16.7. The predicted molar refractivity (Wildman–Crippen MR) is 107 cm³/mol. The minimum atomic E-state index is 0.136. The van der Waals surface area contributed by atoms with Crippen molar-refractivity contribution in [2.45, 2.75) is 6.54 Å². The number of piperazine rings is 1. The average Bonchev–Trinajstić information content (AvgIpc) is 2.74. The summed E-state index contributed by atoms with van der Waals surface area (Å²) in [5, 5.41) is 0. The van der Waals surface area contributed by atoms with E-state index in [1.807, 2.05) is 35.0 Å². The van der Waals surface area contributed by atoms with E-state index in [0.29, 0.717) is 37.7 Å². The van der Waals surface area contributed by atoms with Crippen LogP contribution in [0.5, 0.6) is 11.5 Å². The molecule has 1 aromatic heterocycles. The van der Waals surface area contributed by atoms with E-state index in [1.165, 1.54) is 0 Å². The number of rotatable bonds is 7. The highest BCUT2D eigenvalue weighted by molar-refractivity contribution is 5.78. The molecular formula is C20H27N5O3. The third kappa shape index (κ3) is 4.89. The van der Waals surface area contributed by atoms with Crippen LogP contribution in [-0.2, 0) is 11.3 Å². The van der Waals surface area contributed by atoms with Gasteiger partial charge >= 0.3 is 0 Å². The minimum absolute atomic E-state index is 0.136. The second kappa shape index (κ2) is 9.36. The maximum Gasteiger partial charge on any atom is 0.236 e. The van der Waals surface area contributed by atoms with Crippen molar-refractivity contribution in [3.8, 4) is 11.5 Å². The Morgan fingerprint density at radius 3 is 2.39 bits per heavy atom. The maximum atomic E-state index is 12.7. The van der Waals surface area contributed by atoms with Crippen LogP contribution in [-0.4, -0.2) is 79.7 Å². The molecule has 1 aliphatic heterocycles. The van der Waals surface area contributed by atoms with Crippen molar-refractivity contribution in [1.82, 2.24) is 19.8 Å². The fraction of sp³-hybridized carbons (Fsp3) is 0.450. The fourth-order valence-corrected chi connectivity index (χ4v) is 3.29. The third-order valence-corrected chi connectivity index (χ3v) is 4.77. The van der Waals surface area contributed by atoms with Gasteiger partial charge in [0.1, 0.15) is 0 Å². The van der Waals surface area contributed by atoms with Gasteiger partial charge in [-0.25, -0.2) is 9.97 Å². The van der Waals surface area contributed by atoms with Crippen molar-refractivity contribution in [2.75, 3.05) is 58.9 Å². The van der Waals surface area contributed by atoms with E-state index >= 15 is 0 Å². The van der Waals surface area contributed by atoms with Crippen LogP contribution < -0.4 is 14.4 Å². The summed E-state index contributed by atoms with van der Waals surface area (Å²) in [6, 6.07) is 7.62. The summed E-state index contributed by atoms with van der Waals surface area (Å²) in [4.78, 5) is 27.2. The molecule has 0 N–H and O–H groups in total. The van der Waals surface area contributed by atoms with Gasteiger partial charge in [0, 0.05) is 45.1 Å². The third-order valence-electron chi connectivity index (χ3n) is 4.77. The van der Waals surface area contributed by atoms with Crippen molar-refractivity contribution in [3.05, 3.63) is 42.2 Å². The molecule has 1 aromatic carbocycles. The number of carbonyl (C=O) groups is 1. The van der Waals surface area contributed by atoms with Crippen LogP contribution in [0.3, 0.4) is 0 Å². The number of likely N-dealkylation sites (N-methyl/N-ethyl adjacent to an activating group) is 1. The van der Waals surface area contributed by atoms with Crippen LogP contribution in [0.25, 0.3) is 0 Å². The molecule has 28 heavy (non-hydrogen) atoms. The molecule has 0 spiro atoms. The molecule has 0 aliphatic carbocycles. The van der Waals surface area contributed by atoms with Gasteiger partial charge in [-0.3, -0.25) is 9.69 Å². The molecule has 0 atom stereocenters. The topological polar surface area (TPSA) is 71.0 Å². The van der Waals surface area contributed by atoms with Gasteiger partial charge in [0.2, 0.25) is 11.9 Å². The van der Waals surface area contributed by atoms with Gasteiger partial charge in [-0.2, -0.15) is 0 Å². The second-order valence-electron chi connectivity index (χ2n) is 6.78. The molecule has 1 fully saturated rings. The Kier molecular flexibility index (Phi) is 6.65. The second-order valence-corrected chi connectivity index (χ2v) is 6.78. The first-order chi connectivity index (χ1) is 13.6. The summed E-state index contributed by atoms with van der Waals surface area (Å²) < 4.78 is 10.6. The zero-order chi connectivity index (χ0) is 19.9. The van der Waals surface area contributed by atoms with Crippen LogP contribution in [0, 0.1) is 0 Å². The molecule has 1 aliphatic rings. The fourth-order valence-electron chi connectivity index (χ4n) is 3.29. The van der Waals surface area contributed by atoms with Crippen molar-refractivity contribution < 1.29 is 14.3 Å². The Balaban J connectivity index is 1.50. The van der Waals surface area contributed by atoms with E-state index < -0.39 is 0 Å². The number of aromatic nitrogens is 2. The molecule has 2 aromatic rings. The van der Waals surface area contributed by atoms with Crippen LogP contribution >= 0.6 is 0 Å². The van der Waals surface area contributed by atoms with Gasteiger partial charge in [-0.15, -0.1) is 0 Å². The Labute approximate surface area is 165 Å². The summed E-state index contributed by atoms with van der Waals surface area (Å²) in [6.07, 6.45) is 3.48. The number of amides is 1. The molecule has 3 rings (SSSR count). The summed E-state index contributed by atoms with van der Waals surface area (Å²) in [5.74, 6) is 2.25. The van der Waals surface area contributed by atoms with Gasteiger partial charge in [-0.1, -0.05) is 6.07 Å². The highest BCUT2D eigenvalue weighted by atomic mass is 16.5. The molecule has 1 saturated heterocycles. The lowest BCUT2D eigenvalue weighted by molar-refractivity contribution is -0.132. The van der Waals surface area contributed by atoms with Crippen molar-refractivity contribution in [3.63, 3.8) is 0 Å². The molecule has 0 bridgehead atoms. The lowest BCUT2D eigenvalue weighted by atomic mass is 10.2. The van der Waals surface area contributed by atoms with E-state index in [2.05, 4.69) is 14.9 Å². The molecule has 8 nitrogen and oxygen atoms in total. The Morgan fingerprint density at radius 2 is 1.75 bits per heavy atom. The number of carbonyl (C=O) groups excluding carboxylic acids is 1. The number of hydrogen-bond acceptors (Lipinski definition) is 7. The smallest absolute Gasteiger partial charge is 0.236 e. The zero-order valence-corrected chi connectivity index (χ0v) is 16.7. The molecule has 0 radical (unpaired) electrons. The molecule has 0 saturated carbocycles. The van der Waals surface area contributed by atoms with Gasteiger partial charge in [-0.05, 0) is 30.8 Å². The van der Waals surface area contributed by atoms with E-state index in [1.54, 1.807) is 32.7 Å². The normalized spacial score (nSPS) is 14.3. The first-order valence-corrected chi connectivity index (χ1v) is 9.30. The maximum absolute atomic E-state index is 12.7. The van der Waals surface area contributed by atoms with Gasteiger partial charge in [0.25, 0.3) is 0 Å². The molecule has 8 heteroatoms. The molecule has 1 amide bonds. The Morgan fingerprint density at radius 1 is 1.07 bits per heavy atom. The average molecular weight is 385 g/mol. The predicted octanol–water partition coefficient (Wildman–Crippen LogP) is 1.27. The number of anilines is 1. The van der Waals surface area contributed by atoms with Gasteiger partial charge in [0.15, 0.2) is 11.5 Å². The first kappa shape index (κ1) is 19.9. The Bertz CT molecular complexity index is 779. The number of methoxy groups -OCH3 is 2. The van der Waals surface area contributed by atoms with E-state index in [9.17, 15) is 4.79 Å². The summed E-state index contributed by atoms with van der Waals surface area (Å²) in [7, 11) is 5.18. The highest BCUT2D eigenvalue weighted by Crippen LogP contribution is 2.27. The minimum Gasteiger partial charge on any atom is -0.493 e. The van der Waals surface area contributed by atoms with Crippen LogP contribution in [0.15, 0.2) is 36.7 Å². The van der Waals surface area contributed by atoms with E-state index in [0.717, 1.165) is 24.6 Å².